The average Bonchev–Trinajstić information content (AvgIpc) is 2.64. The summed E-state index contributed by atoms with van der Waals surface area (Å²) in [4.78, 5) is 13.4. The van der Waals surface area contributed by atoms with Gasteiger partial charge in [-0.3, -0.25) is 0 Å². The summed E-state index contributed by atoms with van der Waals surface area (Å²) in [7, 11) is -2.57. The van der Waals surface area contributed by atoms with Gasteiger partial charge in [-0.1, -0.05) is 0 Å². The SMILES string of the molecule is COCC(CO)NS(=O)(=O)c1c(C)[nH]c(C(=O)O)c1C. The number of H-pyrrole nitrogens is 1. The Balaban J connectivity index is 3.19. The lowest BCUT2D eigenvalue weighted by molar-refractivity contribution is 0.0690. The Hall–Kier alpha value is -1.42. The number of aromatic nitrogens is 1. The van der Waals surface area contributed by atoms with Gasteiger partial charge in [0.25, 0.3) is 0 Å². The molecule has 0 spiro atoms. The highest BCUT2D eigenvalue weighted by Crippen LogP contribution is 2.23. The number of aryl methyl sites for hydroxylation is 1. The summed E-state index contributed by atoms with van der Waals surface area (Å²) in [5.41, 5.74) is 0.174. The van der Waals surface area contributed by atoms with Crippen molar-refractivity contribution in [2.75, 3.05) is 20.3 Å². The van der Waals surface area contributed by atoms with Crippen LogP contribution in [0, 0.1) is 13.8 Å². The predicted octanol–water partition coefficient (Wildman–Crippen LogP) is -0.385. The molecule has 1 aromatic heterocycles. The molecule has 0 aliphatic rings. The molecule has 0 saturated heterocycles. The van der Waals surface area contributed by atoms with E-state index < -0.39 is 28.6 Å². The number of ether oxygens (including phenoxy) is 1. The normalized spacial score (nSPS) is 13.4. The van der Waals surface area contributed by atoms with Crippen molar-refractivity contribution >= 4 is 16.0 Å². The van der Waals surface area contributed by atoms with Gasteiger partial charge in [0.15, 0.2) is 0 Å². The summed E-state index contributed by atoms with van der Waals surface area (Å²) >= 11 is 0. The molecule has 0 aliphatic heterocycles. The lowest BCUT2D eigenvalue weighted by atomic mass is 10.2. The zero-order valence-electron chi connectivity index (χ0n) is 11.4. The number of hydrogen-bond acceptors (Lipinski definition) is 5. The highest BCUT2D eigenvalue weighted by atomic mass is 32.2. The molecule has 4 N–H and O–H groups in total. The van der Waals surface area contributed by atoms with E-state index in [1.807, 2.05) is 0 Å². The monoisotopic (exact) mass is 306 g/mol. The maximum atomic E-state index is 12.3. The van der Waals surface area contributed by atoms with Gasteiger partial charge in [0.2, 0.25) is 10.0 Å². The summed E-state index contributed by atoms with van der Waals surface area (Å²) in [6.45, 7) is 2.45. The fourth-order valence-corrected chi connectivity index (χ4v) is 3.61. The van der Waals surface area contributed by atoms with Gasteiger partial charge in [-0.15, -0.1) is 0 Å². The van der Waals surface area contributed by atoms with E-state index in [1.165, 1.54) is 21.0 Å². The lowest BCUT2D eigenvalue weighted by Gasteiger charge is -2.15. The Morgan fingerprint density at radius 1 is 1.45 bits per heavy atom. The van der Waals surface area contributed by atoms with Gasteiger partial charge in [0.1, 0.15) is 10.6 Å². The Labute approximate surface area is 116 Å². The third kappa shape index (κ3) is 3.37. The number of aliphatic hydroxyl groups is 1. The van der Waals surface area contributed by atoms with Crippen molar-refractivity contribution in [1.29, 1.82) is 0 Å². The minimum atomic E-state index is -3.95. The predicted molar refractivity (Wildman–Crippen MR) is 70.3 cm³/mol. The topological polar surface area (TPSA) is 129 Å². The quantitative estimate of drug-likeness (QED) is 0.543. The summed E-state index contributed by atoms with van der Waals surface area (Å²) in [5.74, 6) is -1.23. The number of carboxylic acid groups (broad SMARTS) is 1. The Morgan fingerprint density at radius 3 is 2.45 bits per heavy atom. The molecular weight excluding hydrogens is 288 g/mol. The number of carbonyl (C=O) groups is 1. The number of aromatic carboxylic acids is 1. The van der Waals surface area contributed by atoms with Gasteiger partial charge in [-0.2, -0.15) is 0 Å². The van der Waals surface area contributed by atoms with E-state index in [4.69, 9.17) is 14.9 Å². The molecule has 0 amide bonds. The first-order valence-electron chi connectivity index (χ1n) is 5.79. The van der Waals surface area contributed by atoms with Crippen molar-refractivity contribution in [3.63, 3.8) is 0 Å². The maximum Gasteiger partial charge on any atom is 0.352 e. The second-order valence-electron chi connectivity index (χ2n) is 4.34. The standard InChI is InChI=1S/C11H18N2O6S/c1-6-9(11(15)16)12-7(2)10(6)20(17,18)13-8(4-14)5-19-3/h8,12-14H,4-5H2,1-3H3,(H,15,16). The lowest BCUT2D eigenvalue weighted by Crippen LogP contribution is -2.40. The van der Waals surface area contributed by atoms with Gasteiger partial charge in [-0.25, -0.2) is 17.9 Å². The van der Waals surface area contributed by atoms with Gasteiger partial charge < -0.3 is 19.9 Å². The maximum absolute atomic E-state index is 12.3. The first-order valence-corrected chi connectivity index (χ1v) is 7.27. The molecule has 0 aliphatic carbocycles. The van der Waals surface area contributed by atoms with Crippen LogP contribution in [-0.4, -0.2) is 55.9 Å². The van der Waals surface area contributed by atoms with Crippen LogP contribution in [0.4, 0.5) is 0 Å². The second-order valence-corrected chi connectivity index (χ2v) is 5.99. The summed E-state index contributed by atoms with van der Waals surface area (Å²) in [5, 5.41) is 18.1. The third-order valence-corrected chi connectivity index (χ3v) is 4.55. The molecule has 1 heterocycles. The molecule has 0 fully saturated rings. The smallest absolute Gasteiger partial charge is 0.352 e. The van der Waals surface area contributed by atoms with Crippen LogP contribution in [0.3, 0.4) is 0 Å². The number of rotatable bonds is 7. The number of hydrogen-bond donors (Lipinski definition) is 4. The van der Waals surface area contributed by atoms with Crippen molar-refractivity contribution < 1.29 is 28.2 Å². The van der Waals surface area contributed by atoms with E-state index in [9.17, 15) is 13.2 Å². The fourth-order valence-electron chi connectivity index (χ4n) is 1.95. The molecule has 1 aromatic rings. The van der Waals surface area contributed by atoms with Gasteiger partial charge in [0, 0.05) is 18.4 Å². The zero-order chi connectivity index (χ0) is 15.5. The molecule has 1 rings (SSSR count). The number of methoxy groups -OCH3 is 1. The van der Waals surface area contributed by atoms with E-state index in [0.717, 1.165) is 0 Å². The van der Waals surface area contributed by atoms with Crippen LogP contribution in [0.1, 0.15) is 21.7 Å². The molecule has 0 radical (unpaired) electrons. The van der Waals surface area contributed by atoms with Gasteiger partial charge in [0.05, 0.1) is 19.3 Å². The van der Waals surface area contributed by atoms with E-state index in [-0.39, 0.29) is 28.5 Å². The second kappa shape index (κ2) is 6.35. The minimum absolute atomic E-state index is 0.00400. The number of sulfonamides is 1. The van der Waals surface area contributed by atoms with Crippen LogP contribution >= 0.6 is 0 Å². The van der Waals surface area contributed by atoms with Gasteiger partial charge >= 0.3 is 5.97 Å². The average molecular weight is 306 g/mol. The molecule has 0 saturated carbocycles. The summed E-state index contributed by atoms with van der Waals surface area (Å²) in [6, 6.07) is -0.799. The van der Waals surface area contributed by atoms with E-state index >= 15 is 0 Å². The van der Waals surface area contributed by atoms with Crippen LogP contribution in [0.5, 0.6) is 0 Å². The Morgan fingerprint density at radius 2 is 2.05 bits per heavy atom. The Bertz CT molecular complexity index is 592. The molecular formula is C11H18N2O6S. The van der Waals surface area contributed by atoms with Crippen molar-refractivity contribution in [1.82, 2.24) is 9.71 Å². The summed E-state index contributed by atoms with van der Waals surface area (Å²) in [6.07, 6.45) is 0. The molecule has 20 heavy (non-hydrogen) atoms. The fraction of sp³-hybridized carbons (Fsp3) is 0.545. The molecule has 1 unspecified atom stereocenters. The number of carboxylic acids is 1. The molecule has 114 valence electrons. The number of aromatic amines is 1. The minimum Gasteiger partial charge on any atom is -0.477 e. The van der Waals surface area contributed by atoms with E-state index in [2.05, 4.69) is 9.71 Å². The highest BCUT2D eigenvalue weighted by molar-refractivity contribution is 7.89. The largest absolute Gasteiger partial charge is 0.477 e. The highest BCUT2D eigenvalue weighted by Gasteiger charge is 2.28. The molecule has 0 bridgehead atoms. The Kier molecular flexibility index (Phi) is 5.28. The van der Waals surface area contributed by atoms with Crippen LogP contribution in [0.25, 0.3) is 0 Å². The number of aliphatic hydroxyl groups excluding tert-OH is 1. The van der Waals surface area contributed by atoms with E-state index in [0.29, 0.717) is 0 Å². The van der Waals surface area contributed by atoms with Crippen molar-refractivity contribution in [2.45, 2.75) is 24.8 Å². The first-order chi connectivity index (χ1) is 9.24. The molecule has 8 nitrogen and oxygen atoms in total. The zero-order valence-corrected chi connectivity index (χ0v) is 12.2. The van der Waals surface area contributed by atoms with Crippen LogP contribution in [0.2, 0.25) is 0 Å². The molecule has 0 aromatic carbocycles. The third-order valence-electron chi connectivity index (χ3n) is 2.76. The van der Waals surface area contributed by atoms with Crippen molar-refractivity contribution in [3.05, 3.63) is 17.0 Å². The molecule has 1 atom stereocenters. The van der Waals surface area contributed by atoms with Crippen molar-refractivity contribution in [2.24, 2.45) is 0 Å². The summed E-state index contributed by atoms with van der Waals surface area (Å²) < 4.78 is 31.6. The first kappa shape index (κ1) is 16.6. The van der Waals surface area contributed by atoms with Crippen LogP contribution < -0.4 is 4.72 Å². The molecule has 9 heteroatoms. The van der Waals surface area contributed by atoms with Crippen molar-refractivity contribution in [3.8, 4) is 0 Å². The number of nitrogens with one attached hydrogen (secondary N) is 2. The van der Waals surface area contributed by atoms with E-state index in [1.54, 1.807) is 0 Å². The van der Waals surface area contributed by atoms with Crippen LogP contribution in [-0.2, 0) is 14.8 Å². The van der Waals surface area contributed by atoms with Crippen LogP contribution in [0.15, 0.2) is 4.90 Å². The van der Waals surface area contributed by atoms with Gasteiger partial charge in [-0.05, 0) is 13.8 Å².